The third-order valence-corrected chi connectivity index (χ3v) is 8.35. The highest BCUT2D eigenvalue weighted by molar-refractivity contribution is 7.92. The topological polar surface area (TPSA) is 78.5 Å². The fraction of sp³-hybridized carbons (Fsp3) is 0.625. The van der Waals surface area contributed by atoms with Gasteiger partial charge in [-0.25, -0.2) is 17.9 Å². The number of rotatable bonds is 6. The second-order valence-electron chi connectivity index (χ2n) is 9.84. The second kappa shape index (κ2) is 8.58. The molecule has 0 radical (unpaired) electrons. The number of likely N-dealkylation sites (N-methyl/N-ethyl adjacent to an activating group) is 1. The summed E-state index contributed by atoms with van der Waals surface area (Å²) in [6.45, 7) is 4.02. The Hall–Kier alpha value is -1.86. The van der Waals surface area contributed by atoms with Crippen molar-refractivity contribution in [2.24, 2.45) is 0 Å². The summed E-state index contributed by atoms with van der Waals surface area (Å²) in [5, 5.41) is 4.03. The molecule has 1 fully saturated rings. The SMILES string of the molecule is CN(C1CCCC1)C(C)(C)/C=C/S(=O)(=O)NC(=O)Nc1c2c(cc3c1CCC3)CCC2. The minimum atomic E-state index is -3.89. The molecule has 0 atom stereocenters. The summed E-state index contributed by atoms with van der Waals surface area (Å²) < 4.78 is 27.4. The third-order valence-electron chi connectivity index (χ3n) is 7.38. The van der Waals surface area contributed by atoms with Gasteiger partial charge < -0.3 is 5.32 Å². The molecule has 3 aliphatic rings. The van der Waals surface area contributed by atoms with Gasteiger partial charge in [0.05, 0.1) is 0 Å². The Labute approximate surface area is 186 Å². The number of carbonyl (C=O) groups excluding carboxylic acids is 1. The van der Waals surface area contributed by atoms with Gasteiger partial charge in [0, 0.05) is 22.7 Å². The van der Waals surface area contributed by atoms with Gasteiger partial charge in [0.15, 0.2) is 0 Å². The van der Waals surface area contributed by atoms with Crippen LogP contribution >= 0.6 is 0 Å². The van der Waals surface area contributed by atoms with Crippen LogP contribution in [0.1, 0.15) is 74.6 Å². The van der Waals surface area contributed by atoms with Crippen LogP contribution in [0.5, 0.6) is 0 Å². The number of fused-ring (bicyclic) bond motifs is 2. The number of hydrogen-bond acceptors (Lipinski definition) is 4. The Morgan fingerprint density at radius 2 is 1.61 bits per heavy atom. The van der Waals surface area contributed by atoms with Crippen LogP contribution in [0.25, 0.3) is 0 Å². The number of carbonyl (C=O) groups is 1. The maximum absolute atomic E-state index is 12.6. The number of anilines is 1. The summed E-state index contributed by atoms with van der Waals surface area (Å²) in [5.41, 5.74) is 5.40. The molecule has 1 saturated carbocycles. The van der Waals surface area contributed by atoms with Crippen molar-refractivity contribution in [3.63, 3.8) is 0 Å². The van der Waals surface area contributed by atoms with Crippen molar-refractivity contribution in [3.8, 4) is 0 Å². The van der Waals surface area contributed by atoms with Crippen molar-refractivity contribution < 1.29 is 13.2 Å². The molecule has 0 aromatic heterocycles. The van der Waals surface area contributed by atoms with Gasteiger partial charge in [-0.2, -0.15) is 0 Å². The molecule has 0 spiro atoms. The highest BCUT2D eigenvalue weighted by atomic mass is 32.2. The molecule has 1 aromatic carbocycles. The Morgan fingerprint density at radius 1 is 1.03 bits per heavy atom. The van der Waals surface area contributed by atoms with Crippen molar-refractivity contribution in [1.82, 2.24) is 9.62 Å². The lowest BCUT2D eigenvalue weighted by Gasteiger charge is -2.37. The van der Waals surface area contributed by atoms with E-state index in [-0.39, 0.29) is 0 Å². The Bertz CT molecular complexity index is 960. The van der Waals surface area contributed by atoms with Gasteiger partial charge in [0.25, 0.3) is 10.0 Å². The number of benzene rings is 1. The fourth-order valence-corrected chi connectivity index (χ4v) is 6.29. The van der Waals surface area contributed by atoms with Crippen LogP contribution in [0, 0.1) is 0 Å². The molecule has 0 unspecified atom stereocenters. The van der Waals surface area contributed by atoms with Crippen LogP contribution in [0.2, 0.25) is 0 Å². The summed E-state index contributed by atoms with van der Waals surface area (Å²) in [6.07, 6.45) is 12.5. The molecule has 2 N–H and O–H groups in total. The number of hydrogen-bond donors (Lipinski definition) is 2. The zero-order chi connectivity index (χ0) is 22.2. The number of nitrogens with one attached hydrogen (secondary N) is 2. The molecule has 4 rings (SSSR count). The average Bonchev–Trinajstić information content (AvgIpc) is 3.46. The third kappa shape index (κ3) is 4.82. The van der Waals surface area contributed by atoms with E-state index in [1.165, 1.54) is 35.1 Å². The summed E-state index contributed by atoms with van der Waals surface area (Å²) >= 11 is 0. The monoisotopic (exact) mass is 445 g/mol. The van der Waals surface area contributed by atoms with Gasteiger partial charge in [-0.15, -0.1) is 0 Å². The minimum absolute atomic E-state index is 0.415. The van der Waals surface area contributed by atoms with Gasteiger partial charge in [0.1, 0.15) is 0 Å². The van der Waals surface area contributed by atoms with Gasteiger partial charge >= 0.3 is 6.03 Å². The molecule has 0 saturated heterocycles. The van der Waals surface area contributed by atoms with Gasteiger partial charge in [-0.3, -0.25) is 4.90 Å². The van der Waals surface area contributed by atoms with E-state index in [4.69, 9.17) is 0 Å². The largest absolute Gasteiger partial charge is 0.333 e. The fourth-order valence-electron chi connectivity index (χ4n) is 5.41. The van der Waals surface area contributed by atoms with Crippen LogP contribution in [0.3, 0.4) is 0 Å². The standard InChI is InChI=1S/C24H35N3O3S/c1-24(2,27(3)19-10-4-5-11-19)14-15-31(29,30)26-23(28)25-22-20-12-6-8-17(20)16-18-9-7-13-21(18)22/h14-16,19H,4-13H2,1-3H3,(H2,25,26,28)/b15-14+. The average molecular weight is 446 g/mol. The number of amides is 2. The number of urea groups is 1. The quantitative estimate of drug-likeness (QED) is 0.685. The highest BCUT2D eigenvalue weighted by Gasteiger charge is 2.30. The smallest absolute Gasteiger partial charge is 0.307 e. The lowest BCUT2D eigenvalue weighted by Crippen LogP contribution is -2.45. The normalized spacial score (nSPS) is 19.2. The molecular weight excluding hydrogens is 410 g/mol. The molecule has 170 valence electrons. The molecule has 0 heterocycles. The molecule has 2 amide bonds. The maximum atomic E-state index is 12.6. The van der Waals surface area contributed by atoms with E-state index in [1.54, 1.807) is 6.08 Å². The molecular formula is C24H35N3O3S. The van der Waals surface area contributed by atoms with E-state index < -0.39 is 21.6 Å². The number of aryl methyl sites for hydroxylation is 2. The van der Waals surface area contributed by atoms with Crippen LogP contribution in [-0.2, 0) is 35.7 Å². The van der Waals surface area contributed by atoms with E-state index in [1.807, 2.05) is 20.9 Å². The first-order valence-corrected chi connectivity index (χ1v) is 13.1. The molecule has 7 heteroatoms. The molecule has 31 heavy (non-hydrogen) atoms. The van der Waals surface area contributed by atoms with E-state index in [2.05, 4.69) is 21.0 Å². The number of nitrogens with zero attached hydrogens (tertiary/aromatic N) is 1. The summed E-state index contributed by atoms with van der Waals surface area (Å²) in [5.74, 6) is 0. The van der Waals surface area contributed by atoms with Crippen LogP contribution in [0.4, 0.5) is 10.5 Å². The Morgan fingerprint density at radius 3 is 2.19 bits per heavy atom. The first-order chi connectivity index (χ1) is 14.7. The lowest BCUT2D eigenvalue weighted by atomic mass is 9.99. The Balaban J connectivity index is 1.45. The predicted octanol–water partition coefficient (Wildman–Crippen LogP) is 4.28. The van der Waals surface area contributed by atoms with Crippen molar-refractivity contribution in [2.75, 3.05) is 12.4 Å². The van der Waals surface area contributed by atoms with Crippen LogP contribution in [-0.4, -0.2) is 38.0 Å². The first-order valence-electron chi connectivity index (χ1n) is 11.6. The first kappa shape index (κ1) is 22.3. The Kier molecular flexibility index (Phi) is 6.19. The summed E-state index contributed by atoms with van der Waals surface area (Å²) in [6, 6.07) is 2.08. The molecule has 0 aliphatic heterocycles. The summed E-state index contributed by atoms with van der Waals surface area (Å²) in [7, 11) is -1.84. The molecule has 1 aromatic rings. The highest BCUT2D eigenvalue weighted by Crippen LogP contribution is 2.38. The van der Waals surface area contributed by atoms with Gasteiger partial charge in [-0.05, 0) is 94.5 Å². The van der Waals surface area contributed by atoms with Gasteiger partial charge in [-0.1, -0.05) is 25.0 Å². The van der Waals surface area contributed by atoms with Crippen molar-refractivity contribution in [3.05, 3.63) is 39.8 Å². The van der Waals surface area contributed by atoms with E-state index in [0.29, 0.717) is 6.04 Å². The van der Waals surface area contributed by atoms with Crippen LogP contribution in [0.15, 0.2) is 17.6 Å². The zero-order valence-corrected chi connectivity index (χ0v) is 19.8. The molecule has 3 aliphatic carbocycles. The minimum Gasteiger partial charge on any atom is -0.307 e. The van der Waals surface area contributed by atoms with Crippen LogP contribution < -0.4 is 10.0 Å². The van der Waals surface area contributed by atoms with Crippen molar-refractivity contribution >= 4 is 21.7 Å². The molecule has 6 nitrogen and oxygen atoms in total. The number of sulfonamides is 1. The molecule has 0 bridgehead atoms. The van der Waals surface area contributed by atoms with Crippen molar-refractivity contribution in [2.45, 2.75) is 89.6 Å². The van der Waals surface area contributed by atoms with Gasteiger partial charge in [0.2, 0.25) is 0 Å². The maximum Gasteiger partial charge on any atom is 0.333 e. The van der Waals surface area contributed by atoms with E-state index >= 15 is 0 Å². The summed E-state index contributed by atoms with van der Waals surface area (Å²) in [4.78, 5) is 14.9. The van der Waals surface area contributed by atoms with E-state index in [0.717, 1.165) is 62.5 Å². The van der Waals surface area contributed by atoms with E-state index in [9.17, 15) is 13.2 Å². The van der Waals surface area contributed by atoms with Crippen molar-refractivity contribution in [1.29, 1.82) is 0 Å². The lowest BCUT2D eigenvalue weighted by molar-refractivity contribution is 0.142. The second-order valence-corrected chi connectivity index (χ2v) is 11.4. The predicted molar refractivity (Wildman–Crippen MR) is 125 cm³/mol. The zero-order valence-electron chi connectivity index (χ0n) is 19.0.